The first kappa shape index (κ1) is 8.14. The number of hydrogen-bond acceptors (Lipinski definition) is 2. The molecular formula is C6H10NO2. The fourth-order valence-corrected chi connectivity index (χ4v) is 0.412. The molecular weight excluding hydrogens is 118 g/mol. The molecule has 3 nitrogen and oxygen atoms in total. The van der Waals surface area contributed by atoms with E-state index in [1.54, 1.807) is 6.92 Å². The second-order valence-electron chi connectivity index (χ2n) is 1.86. The molecule has 0 aliphatic carbocycles. The Bertz CT molecular complexity index is 95.2. The zero-order chi connectivity index (χ0) is 7.28. The van der Waals surface area contributed by atoms with Gasteiger partial charge in [-0.05, 0) is 13.3 Å². The van der Waals surface area contributed by atoms with Crippen LogP contribution in [0.2, 0.25) is 0 Å². The van der Waals surface area contributed by atoms with Crippen LogP contribution in [-0.2, 0) is 9.59 Å². The SMILES string of the molecule is CCC(C)N([C]=O)C=O. The molecule has 51 valence electrons. The summed E-state index contributed by atoms with van der Waals surface area (Å²) in [6.07, 6.45) is 2.78. The van der Waals surface area contributed by atoms with Crippen LogP contribution in [0.25, 0.3) is 0 Å². The van der Waals surface area contributed by atoms with E-state index in [-0.39, 0.29) is 6.04 Å². The summed E-state index contributed by atoms with van der Waals surface area (Å²) < 4.78 is 0. The largest absolute Gasteiger partial charge is 0.319 e. The van der Waals surface area contributed by atoms with Crippen LogP contribution >= 0.6 is 0 Å². The van der Waals surface area contributed by atoms with Crippen molar-refractivity contribution in [3.8, 4) is 0 Å². The predicted molar refractivity (Wildman–Crippen MR) is 33.3 cm³/mol. The highest BCUT2D eigenvalue weighted by Gasteiger charge is 2.07. The molecule has 0 saturated heterocycles. The van der Waals surface area contributed by atoms with Gasteiger partial charge in [-0.1, -0.05) is 6.92 Å². The molecule has 0 saturated carbocycles. The van der Waals surface area contributed by atoms with Crippen molar-refractivity contribution in [1.29, 1.82) is 0 Å². The van der Waals surface area contributed by atoms with Crippen molar-refractivity contribution in [1.82, 2.24) is 4.90 Å². The van der Waals surface area contributed by atoms with Gasteiger partial charge in [0.2, 0.25) is 6.41 Å². The molecule has 0 fully saturated rings. The molecule has 0 N–H and O–H groups in total. The van der Waals surface area contributed by atoms with E-state index in [1.807, 2.05) is 6.92 Å². The molecule has 0 aromatic heterocycles. The average molecular weight is 128 g/mol. The normalized spacial score (nSPS) is 12.2. The zero-order valence-electron chi connectivity index (χ0n) is 5.63. The van der Waals surface area contributed by atoms with Crippen LogP contribution in [0.15, 0.2) is 0 Å². The highest BCUT2D eigenvalue weighted by Crippen LogP contribution is 1.95. The van der Waals surface area contributed by atoms with E-state index in [4.69, 9.17) is 0 Å². The maximum Gasteiger partial charge on any atom is 0.319 e. The van der Waals surface area contributed by atoms with Crippen LogP contribution in [0.5, 0.6) is 0 Å². The average Bonchev–Trinajstić information content (AvgIpc) is 1.90. The van der Waals surface area contributed by atoms with Crippen molar-refractivity contribution < 1.29 is 9.59 Å². The molecule has 1 unspecified atom stereocenters. The first-order valence-corrected chi connectivity index (χ1v) is 2.87. The molecule has 2 amide bonds. The van der Waals surface area contributed by atoms with Gasteiger partial charge in [0, 0.05) is 6.04 Å². The third-order valence-corrected chi connectivity index (χ3v) is 1.28. The third kappa shape index (κ3) is 2.26. The maximum absolute atomic E-state index is 10.00. The summed E-state index contributed by atoms with van der Waals surface area (Å²) in [5, 5.41) is 0. The van der Waals surface area contributed by atoms with E-state index in [0.29, 0.717) is 6.41 Å². The predicted octanol–water partition coefficient (Wildman–Crippen LogP) is 0.310. The fourth-order valence-electron chi connectivity index (χ4n) is 0.412. The highest BCUT2D eigenvalue weighted by atomic mass is 16.2. The lowest BCUT2D eigenvalue weighted by atomic mass is 10.2. The van der Waals surface area contributed by atoms with E-state index in [0.717, 1.165) is 11.3 Å². The van der Waals surface area contributed by atoms with Crippen molar-refractivity contribution in [2.45, 2.75) is 26.3 Å². The second-order valence-corrected chi connectivity index (χ2v) is 1.86. The van der Waals surface area contributed by atoms with E-state index >= 15 is 0 Å². The molecule has 0 spiro atoms. The van der Waals surface area contributed by atoms with Gasteiger partial charge in [0.15, 0.2) is 0 Å². The molecule has 0 aromatic rings. The summed E-state index contributed by atoms with van der Waals surface area (Å²) in [7, 11) is 0. The summed E-state index contributed by atoms with van der Waals surface area (Å²) in [4.78, 5) is 20.9. The smallest absolute Gasteiger partial charge is 0.278 e. The molecule has 0 bridgehead atoms. The lowest BCUT2D eigenvalue weighted by molar-refractivity contribution is -0.116. The van der Waals surface area contributed by atoms with Gasteiger partial charge in [0.1, 0.15) is 0 Å². The minimum absolute atomic E-state index is 0.0278. The van der Waals surface area contributed by atoms with Crippen LogP contribution in [-0.4, -0.2) is 23.8 Å². The Balaban J connectivity index is 3.77. The van der Waals surface area contributed by atoms with Gasteiger partial charge in [-0.2, -0.15) is 0 Å². The summed E-state index contributed by atoms with van der Waals surface area (Å²) in [5.41, 5.74) is 0. The van der Waals surface area contributed by atoms with Crippen LogP contribution in [0.1, 0.15) is 20.3 Å². The van der Waals surface area contributed by atoms with Gasteiger partial charge in [-0.25, -0.2) is 0 Å². The van der Waals surface area contributed by atoms with Crippen molar-refractivity contribution in [3.05, 3.63) is 0 Å². The molecule has 0 aromatic carbocycles. The van der Waals surface area contributed by atoms with Crippen LogP contribution in [0.3, 0.4) is 0 Å². The number of rotatable bonds is 4. The Morgan fingerprint density at radius 1 is 1.78 bits per heavy atom. The van der Waals surface area contributed by atoms with Crippen molar-refractivity contribution >= 4 is 12.8 Å². The lowest BCUT2D eigenvalue weighted by Crippen LogP contribution is -2.29. The quantitative estimate of drug-likeness (QED) is 0.403. The number of carbonyl (C=O) groups is 1. The standard InChI is InChI=1S/C6H10NO2/c1-3-6(2)7(4-8)5-9/h4,6H,3H2,1-2H3. The van der Waals surface area contributed by atoms with Gasteiger partial charge < -0.3 is 0 Å². The number of carbonyl (C=O) groups excluding carboxylic acids is 2. The molecule has 1 atom stereocenters. The molecule has 0 aliphatic rings. The van der Waals surface area contributed by atoms with Gasteiger partial charge in [0.05, 0.1) is 0 Å². The number of nitrogens with zero attached hydrogens (tertiary/aromatic N) is 1. The Kier molecular flexibility index (Phi) is 3.67. The monoisotopic (exact) mass is 128 g/mol. The summed E-state index contributed by atoms with van der Waals surface area (Å²) in [5.74, 6) is 0. The number of imide groups is 1. The number of amides is 2. The van der Waals surface area contributed by atoms with Crippen LogP contribution < -0.4 is 0 Å². The minimum atomic E-state index is -0.0278. The molecule has 9 heavy (non-hydrogen) atoms. The van der Waals surface area contributed by atoms with Gasteiger partial charge in [0.25, 0.3) is 0 Å². The molecule has 3 heteroatoms. The maximum atomic E-state index is 10.00. The van der Waals surface area contributed by atoms with Gasteiger partial charge in [-0.3, -0.25) is 14.5 Å². The Labute approximate surface area is 54.6 Å². The molecule has 1 radical (unpaired) electrons. The van der Waals surface area contributed by atoms with Crippen LogP contribution in [0, 0.1) is 0 Å². The number of hydrogen-bond donors (Lipinski definition) is 0. The first-order chi connectivity index (χ1) is 4.26. The van der Waals surface area contributed by atoms with Crippen molar-refractivity contribution in [2.75, 3.05) is 0 Å². The topological polar surface area (TPSA) is 37.4 Å². The summed E-state index contributed by atoms with van der Waals surface area (Å²) in [6.45, 7) is 3.69. The fraction of sp³-hybridized carbons (Fsp3) is 0.667. The first-order valence-electron chi connectivity index (χ1n) is 2.87. The minimum Gasteiger partial charge on any atom is -0.278 e. The lowest BCUT2D eigenvalue weighted by Gasteiger charge is -2.14. The van der Waals surface area contributed by atoms with Gasteiger partial charge >= 0.3 is 6.41 Å². The van der Waals surface area contributed by atoms with E-state index in [1.165, 1.54) is 6.41 Å². The van der Waals surface area contributed by atoms with E-state index in [2.05, 4.69) is 0 Å². The molecule has 0 rings (SSSR count). The summed E-state index contributed by atoms with van der Waals surface area (Å²) >= 11 is 0. The zero-order valence-corrected chi connectivity index (χ0v) is 5.63. The van der Waals surface area contributed by atoms with Crippen LogP contribution in [0.4, 0.5) is 0 Å². The van der Waals surface area contributed by atoms with Gasteiger partial charge in [-0.15, -0.1) is 0 Å². The second kappa shape index (κ2) is 4.06. The Hall–Kier alpha value is -0.860. The Morgan fingerprint density at radius 2 is 2.33 bits per heavy atom. The highest BCUT2D eigenvalue weighted by molar-refractivity contribution is 5.69. The van der Waals surface area contributed by atoms with Crippen molar-refractivity contribution in [2.24, 2.45) is 0 Å². The van der Waals surface area contributed by atoms with Crippen molar-refractivity contribution in [3.63, 3.8) is 0 Å². The molecule has 0 heterocycles. The Morgan fingerprint density at radius 3 is 2.44 bits per heavy atom. The summed E-state index contributed by atoms with van der Waals surface area (Å²) in [6, 6.07) is -0.0278. The third-order valence-electron chi connectivity index (χ3n) is 1.28. The van der Waals surface area contributed by atoms with E-state index in [9.17, 15) is 9.59 Å². The van der Waals surface area contributed by atoms with E-state index < -0.39 is 0 Å². The molecule has 0 aliphatic heterocycles.